The number of amides is 2. The quantitative estimate of drug-likeness (QED) is 0.159. The molecule has 3 atom stereocenters. The van der Waals surface area contributed by atoms with E-state index < -0.39 is 54.8 Å². The molecule has 0 aromatic rings. The van der Waals surface area contributed by atoms with Crippen LogP contribution in [0.2, 0.25) is 0 Å². The Morgan fingerprint density at radius 1 is 1.33 bits per heavy atom. The zero-order valence-corrected chi connectivity index (χ0v) is 13.8. The minimum atomic E-state index is -1.41. The number of nitrogens with one attached hydrogen (secondary N) is 2. The summed E-state index contributed by atoms with van der Waals surface area (Å²) in [6, 6.07) is -3.90. The van der Waals surface area contributed by atoms with Crippen molar-refractivity contribution >= 4 is 36.4 Å². The van der Waals surface area contributed by atoms with Crippen molar-refractivity contribution in [2.45, 2.75) is 31.5 Å². The fraction of sp³-hybridized carbons (Fsp3) is 0.667. The van der Waals surface area contributed by atoms with E-state index in [0.29, 0.717) is 0 Å². The molecular formula is C12H20N4O7S. The number of nitrogens with zero attached hydrogens (tertiary/aromatic N) is 1. The zero-order chi connectivity index (χ0) is 18.7. The molecular weight excluding hydrogens is 344 g/mol. The van der Waals surface area contributed by atoms with Gasteiger partial charge in [-0.15, -0.1) is 0 Å². The highest BCUT2D eigenvalue weighted by molar-refractivity contribution is 7.80. The second-order valence-corrected chi connectivity index (χ2v) is 4.93. The number of rotatable bonds is 11. The summed E-state index contributed by atoms with van der Waals surface area (Å²) >= 11 is 3.88. The van der Waals surface area contributed by atoms with Crippen LogP contribution in [0.15, 0.2) is 5.18 Å². The summed E-state index contributed by atoms with van der Waals surface area (Å²) in [5.74, 6) is -3.77. The van der Waals surface area contributed by atoms with Gasteiger partial charge in [0.15, 0.2) is 0 Å². The van der Waals surface area contributed by atoms with Crippen LogP contribution >= 0.6 is 12.6 Å². The number of carbonyl (C=O) groups excluding carboxylic acids is 3. The number of nitroso groups, excluding NO2 is 1. The van der Waals surface area contributed by atoms with Gasteiger partial charge < -0.3 is 26.2 Å². The largest absolute Gasteiger partial charge is 0.480 e. The van der Waals surface area contributed by atoms with Crippen LogP contribution in [0, 0.1) is 4.91 Å². The van der Waals surface area contributed by atoms with Crippen LogP contribution in [-0.4, -0.2) is 65.9 Å². The molecule has 136 valence electrons. The maximum Gasteiger partial charge on any atom is 0.325 e. The van der Waals surface area contributed by atoms with Crippen LogP contribution in [0.5, 0.6) is 0 Å². The number of aliphatic carboxylic acids is 1. The summed E-state index contributed by atoms with van der Waals surface area (Å²) in [5, 5.41) is 15.4. The Kier molecular flexibility index (Phi) is 10.3. The van der Waals surface area contributed by atoms with E-state index in [1.807, 2.05) is 0 Å². The number of nitrogens with two attached hydrogens (primary N) is 1. The van der Waals surface area contributed by atoms with Gasteiger partial charge >= 0.3 is 11.9 Å². The van der Waals surface area contributed by atoms with E-state index in [0.717, 1.165) is 0 Å². The van der Waals surface area contributed by atoms with E-state index >= 15 is 0 Å². The topological polar surface area (TPSA) is 177 Å². The third-order valence-corrected chi connectivity index (χ3v) is 3.12. The summed E-state index contributed by atoms with van der Waals surface area (Å²) in [6.07, 6.45) is -0.542. The third-order valence-electron chi connectivity index (χ3n) is 2.75. The smallest absolute Gasteiger partial charge is 0.325 e. The molecule has 0 aromatic carbocycles. The highest BCUT2D eigenvalue weighted by atomic mass is 32.1. The first-order chi connectivity index (χ1) is 11.3. The van der Waals surface area contributed by atoms with Gasteiger partial charge in [0.25, 0.3) is 0 Å². The molecule has 12 heteroatoms. The maximum atomic E-state index is 11.9. The molecule has 0 fully saturated rings. The lowest BCUT2D eigenvalue weighted by atomic mass is 10.1. The van der Waals surface area contributed by atoms with Crippen molar-refractivity contribution in [1.29, 1.82) is 0 Å². The number of esters is 1. The second-order valence-electron chi connectivity index (χ2n) is 4.57. The molecule has 3 unspecified atom stereocenters. The van der Waals surface area contributed by atoms with Crippen molar-refractivity contribution in [1.82, 2.24) is 10.6 Å². The summed E-state index contributed by atoms with van der Waals surface area (Å²) < 4.78 is 4.64. The van der Waals surface area contributed by atoms with E-state index in [1.165, 1.54) is 0 Å². The van der Waals surface area contributed by atoms with Gasteiger partial charge in [0.2, 0.25) is 11.8 Å². The van der Waals surface area contributed by atoms with E-state index in [4.69, 9.17) is 10.8 Å². The van der Waals surface area contributed by atoms with E-state index in [-0.39, 0.29) is 12.4 Å². The van der Waals surface area contributed by atoms with Gasteiger partial charge in [-0.05, 0) is 6.92 Å². The standard InChI is InChI=1S/C12H20N4O7S/c1-2-23-12(21)10(13)6(16-22)3-8(17)15-7(5-24)11(20)14-4-9(18)19/h6-7,10,24H,2-5,13H2,1H3,(H,14,20)(H,15,17)(H,18,19). The molecule has 0 radical (unpaired) electrons. The van der Waals surface area contributed by atoms with Crippen LogP contribution in [0.4, 0.5) is 0 Å². The monoisotopic (exact) mass is 364 g/mol. The van der Waals surface area contributed by atoms with E-state index in [2.05, 4.69) is 33.2 Å². The molecule has 0 aliphatic heterocycles. The highest BCUT2D eigenvalue weighted by Gasteiger charge is 2.30. The lowest BCUT2D eigenvalue weighted by Crippen LogP contribution is -2.51. The zero-order valence-electron chi connectivity index (χ0n) is 12.9. The SMILES string of the molecule is CCOC(=O)C(N)C(CC(=O)NC(CS)C(=O)NCC(=O)O)N=O. The summed E-state index contributed by atoms with van der Waals surface area (Å²) in [6.45, 7) is 0.981. The lowest BCUT2D eigenvalue weighted by molar-refractivity contribution is -0.145. The minimum absolute atomic E-state index is 0.0514. The Hall–Kier alpha value is -2.21. The Balaban J connectivity index is 4.65. The number of carboxylic acids is 1. The van der Waals surface area contributed by atoms with Gasteiger partial charge in [-0.3, -0.25) is 19.2 Å². The van der Waals surface area contributed by atoms with Crippen molar-refractivity contribution < 1.29 is 29.0 Å². The summed E-state index contributed by atoms with van der Waals surface area (Å²) in [5.41, 5.74) is 5.50. The fourth-order valence-electron chi connectivity index (χ4n) is 1.55. The molecule has 0 spiro atoms. The molecule has 5 N–H and O–H groups in total. The predicted molar refractivity (Wildman–Crippen MR) is 85.2 cm³/mol. The average molecular weight is 364 g/mol. The molecule has 2 amide bonds. The van der Waals surface area contributed by atoms with Crippen LogP contribution < -0.4 is 16.4 Å². The normalized spacial score (nSPS) is 14.0. The Morgan fingerprint density at radius 2 is 1.96 bits per heavy atom. The third kappa shape index (κ3) is 7.87. The van der Waals surface area contributed by atoms with Gasteiger partial charge in [-0.1, -0.05) is 5.18 Å². The number of ether oxygens (including phenoxy) is 1. The number of hydrogen-bond donors (Lipinski definition) is 5. The fourth-order valence-corrected chi connectivity index (χ4v) is 1.81. The summed E-state index contributed by atoms with van der Waals surface area (Å²) in [4.78, 5) is 56.2. The first-order valence-electron chi connectivity index (χ1n) is 6.91. The Bertz CT molecular complexity index is 488. The van der Waals surface area contributed by atoms with Crippen molar-refractivity contribution in [3.63, 3.8) is 0 Å². The number of carbonyl (C=O) groups is 4. The molecule has 0 aliphatic rings. The van der Waals surface area contributed by atoms with Crippen LogP contribution in [0.3, 0.4) is 0 Å². The first kappa shape index (κ1) is 21.8. The van der Waals surface area contributed by atoms with Crippen molar-refractivity contribution in [2.75, 3.05) is 18.9 Å². The van der Waals surface area contributed by atoms with E-state index in [1.54, 1.807) is 6.92 Å². The van der Waals surface area contributed by atoms with E-state index in [9.17, 15) is 24.1 Å². The second kappa shape index (κ2) is 11.3. The van der Waals surface area contributed by atoms with Crippen LogP contribution in [-0.2, 0) is 23.9 Å². The number of thiol groups is 1. The van der Waals surface area contributed by atoms with Crippen molar-refractivity contribution in [3.05, 3.63) is 4.91 Å². The predicted octanol–water partition coefficient (Wildman–Crippen LogP) is -1.98. The molecule has 0 saturated heterocycles. The van der Waals surface area contributed by atoms with Crippen molar-refractivity contribution in [3.8, 4) is 0 Å². The Morgan fingerprint density at radius 3 is 2.42 bits per heavy atom. The lowest BCUT2D eigenvalue weighted by Gasteiger charge is -2.19. The molecule has 0 bridgehead atoms. The van der Waals surface area contributed by atoms with Gasteiger partial charge in [0, 0.05) is 5.75 Å². The Labute approximate surface area is 143 Å². The summed E-state index contributed by atoms with van der Waals surface area (Å²) in [7, 11) is 0. The molecule has 0 saturated carbocycles. The molecule has 0 heterocycles. The van der Waals surface area contributed by atoms with Gasteiger partial charge in [0.05, 0.1) is 13.0 Å². The number of carboxylic acid groups (broad SMARTS) is 1. The molecule has 0 rings (SSSR count). The van der Waals surface area contributed by atoms with Gasteiger partial charge in [-0.25, -0.2) is 0 Å². The van der Waals surface area contributed by atoms with Crippen LogP contribution in [0.25, 0.3) is 0 Å². The molecule has 0 aromatic heterocycles. The molecule has 0 aliphatic carbocycles. The highest BCUT2D eigenvalue weighted by Crippen LogP contribution is 2.05. The number of hydrogen-bond acceptors (Lipinski definition) is 9. The molecule has 24 heavy (non-hydrogen) atoms. The van der Waals surface area contributed by atoms with Crippen LogP contribution in [0.1, 0.15) is 13.3 Å². The van der Waals surface area contributed by atoms with Gasteiger partial charge in [0.1, 0.15) is 24.7 Å². The van der Waals surface area contributed by atoms with Gasteiger partial charge in [-0.2, -0.15) is 17.5 Å². The first-order valence-corrected chi connectivity index (χ1v) is 7.54. The minimum Gasteiger partial charge on any atom is -0.480 e. The van der Waals surface area contributed by atoms with Crippen molar-refractivity contribution in [2.24, 2.45) is 10.9 Å². The maximum absolute atomic E-state index is 11.9. The molecule has 11 nitrogen and oxygen atoms in total. The average Bonchev–Trinajstić information content (AvgIpc) is 2.54.